The molecule has 3 rings (SSSR count). The molecule has 0 aliphatic carbocycles. The number of halogens is 1. The smallest absolute Gasteiger partial charge is 0.272 e. The van der Waals surface area contributed by atoms with E-state index in [1.54, 1.807) is 36.4 Å². The summed E-state index contributed by atoms with van der Waals surface area (Å²) in [5.41, 5.74) is 3.62. The van der Waals surface area contributed by atoms with Crippen molar-refractivity contribution in [2.75, 3.05) is 0 Å². The van der Waals surface area contributed by atoms with E-state index in [9.17, 15) is 10.0 Å². The van der Waals surface area contributed by atoms with Gasteiger partial charge in [0.2, 0.25) is 5.69 Å². The second-order valence-corrected chi connectivity index (χ2v) is 5.37. The zero-order chi connectivity index (χ0) is 14.4. The Bertz CT molecular complexity index is 761. The molecule has 2 aromatic carbocycles. The van der Waals surface area contributed by atoms with E-state index < -0.39 is 0 Å². The quantitative estimate of drug-likeness (QED) is 0.591. The van der Waals surface area contributed by atoms with E-state index in [1.807, 2.05) is 13.8 Å². The topological polar surface area (TPSA) is 43.1 Å². The molecule has 0 atom stereocenters. The summed E-state index contributed by atoms with van der Waals surface area (Å²) in [5.74, 6) is -0.236. The number of Topliss-reactive ketones (excluding diaryl/α,β-unsaturated/α-hetero) is 1. The van der Waals surface area contributed by atoms with Crippen LogP contribution in [0.1, 0.15) is 27.0 Å². The molecule has 20 heavy (non-hydrogen) atoms. The molecule has 0 spiro atoms. The number of hydrogen-bond acceptors (Lipinski definition) is 2. The van der Waals surface area contributed by atoms with Crippen molar-refractivity contribution < 1.29 is 9.53 Å². The summed E-state index contributed by atoms with van der Waals surface area (Å²) in [6.07, 6.45) is 0. The Balaban J connectivity index is 2.19. The first-order valence-electron chi connectivity index (χ1n) is 6.25. The van der Waals surface area contributed by atoms with E-state index in [0.717, 1.165) is 11.1 Å². The SMILES string of the molecule is Cc1cc2c(cc1C)[N+]([O-])=C(c1ccc(Cl)cc1)C2=O. The average Bonchev–Trinajstić information content (AvgIpc) is 2.65. The summed E-state index contributed by atoms with van der Waals surface area (Å²) in [4.78, 5) is 12.4. The molecule has 1 aliphatic heterocycles. The lowest BCUT2D eigenvalue weighted by Crippen LogP contribution is -2.16. The van der Waals surface area contributed by atoms with Gasteiger partial charge in [-0.05, 0) is 55.3 Å². The third kappa shape index (κ3) is 1.82. The van der Waals surface area contributed by atoms with Crippen molar-refractivity contribution >= 4 is 28.8 Å². The molecule has 1 heterocycles. The lowest BCUT2D eigenvalue weighted by molar-refractivity contribution is -0.355. The molecule has 3 nitrogen and oxygen atoms in total. The summed E-state index contributed by atoms with van der Waals surface area (Å²) < 4.78 is 0.716. The van der Waals surface area contributed by atoms with Gasteiger partial charge in [0.05, 0.1) is 5.56 Å². The van der Waals surface area contributed by atoms with E-state index in [4.69, 9.17) is 11.6 Å². The zero-order valence-corrected chi connectivity index (χ0v) is 11.9. The van der Waals surface area contributed by atoms with Crippen molar-refractivity contribution in [3.05, 3.63) is 68.9 Å². The van der Waals surface area contributed by atoms with Gasteiger partial charge in [0.15, 0.2) is 0 Å². The van der Waals surface area contributed by atoms with Gasteiger partial charge in [-0.2, -0.15) is 4.74 Å². The molecule has 0 bridgehead atoms. The Hall–Kier alpha value is -2.13. The van der Waals surface area contributed by atoms with Gasteiger partial charge in [-0.3, -0.25) is 4.79 Å². The Kier molecular flexibility index (Phi) is 2.87. The van der Waals surface area contributed by atoms with Crippen LogP contribution in [-0.4, -0.2) is 16.2 Å². The monoisotopic (exact) mass is 285 g/mol. The van der Waals surface area contributed by atoms with Crippen LogP contribution >= 0.6 is 11.6 Å². The second-order valence-electron chi connectivity index (χ2n) is 4.93. The summed E-state index contributed by atoms with van der Waals surface area (Å²) in [6.45, 7) is 3.85. The van der Waals surface area contributed by atoms with Crippen molar-refractivity contribution in [1.29, 1.82) is 0 Å². The van der Waals surface area contributed by atoms with Crippen LogP contribution < -0.4 is 0 Å². The summed E-state index contributed by atoms with van der Waals surface area (Å²) >= 11 is 5.84. The molecule has 4 heteroatoms. The van der Waals surface area contributed by atoms with Gasteiger partial charge in [0, 0.05) is 11.1 Å². The first-order chi connectivity index (χ1) is 9.49. The van der Waals surface area contributed by atoms with Gasteiger partial charge in [0.25, 0.3) is 11.5 Å². The van der Waals surface area contributed by atoms with Crippen LogP contribution in [0.3, 0.4) is 0 Å². The van der Waals surface area contributed by atoms with Crippen LogP contribution in [0.2, 0.25) is 5.02 Å². The molecular formula is C16H12ClNO2. The molecule has 0 unspecified atom stereocenters. The Morgan fingerprint density at radius 2 is 1.65 bits per heavy atom. The normalized spacial score (nSPS) is 13.8. The van der Waals surface area contributed by atoms with Crippen molar-refractivity contribution in [2.45, 2.75) is 13.8 Å². The number of fused-ring (bicyclic) bond motifs is 1. The third-order valence-electron chi connectivity index (χ3n) is 3.61. The van der Waals surface area contributed by atoms with Crippen molar-refractivity contribution in [3.8, 4) is 0 Å². The van der Waals surface area contributed by atoms with Crippen LogP contribution in [-0.2, 0) is 0 Å². The number of ketones is 1. The Labute approximate surface area is 121 Å². The van der Waals surface area contributed by atoms with Crippen molar-refractivity contribution in [3.63, 3.8) is 0 Å². The average molecular weight is 286 g/mol. The van der Waals surface area contributed by atoms with E-state index in [-0.39, 0.29) is 11.5 Å². The highest BCUT2D eigenvalue weighted by atomic mass is 35.5. The maximum absolute atomic E-state index is 12.4. The van der Waals surface area contributed by atoms with Gasteiger partial charge < -0.3 is 5.21 Å². The first-order valence-corrected chi connectivity index (χ1v) is 6.63. The van der Waals surface area contributed by atoms with Crippen LogP contribution in [0, 0.1) is 19.1 Å². The molecule has 1 aliphatic rings. The van der Waals surface area contributed by atoms with Crippen molar-refractivity contribution in [1.82, 2.24) is 0 Å². The molecule has 0 saturated carbocycles. The number of benzene rings is 2. The molecule has 0 radical (unpaired) electrons. The molecule has 100 valence electrons. The van der Waals surface area contributed by atoms with E-state index in [1.165, 1.54) is 0 Å². The van der Waals surface area contributed by atoms with Gasteiger partial charge in [-0.25, -0.2) is 0 Å². The number of carbonyl (C=O) groups excluding carboxylic acids is 1. The fourth-order valence-corrected chi connectivity index (χ4v) is 2.47. The van der Waals surface area contributed by atoms with Crippen molar-refractivity contribution in [2.24, 2.45) is 0 Å². The molecule has 0 fully saturated rings. The lowest BCUT2D eigenvalue weighted by Gasteiger charge is -2.04. The maximum Gasteiger partial charge on any atom is 0.272 e. The van der Waals surface area contributed by atoms with Gasteiger partial charge in [-0.15, -0.1) is 0 Å². The molecule has 0 N–H and O–H groups in total. The van der Waals surface area contributed by atoms with E-state index >= 15 is 0 Å². The standard InChI is InChI=1S/C16H12ClNO2/c1-9-7-13-14(8-10(9)2)18(20)15(16(13)19)11-3-5-12(17)6-4-11/h3-8H,1-2H3. The molecule has 2 aromatic rings. The minimum Gasteiger partial charge on any atom is -0.618 e. The van der Waals surface area contributed by atoms with E-state index in [2.05, 4.69) is 0 Å². The van der Waals surface area contributed by atoms with E-state index in [0.29, 0.717) is 26.6 Å². The highest BCUT2D eigenvalue weighted by Crippen LogP contribution is 2.30. The zero-order valence-electron chi connectivity index (χ0n) is 11.1. The van der Waals surface area contributed by atoms with Crippen LogP contribution in [0.25, 0.3) is 0 Å². The van der Waals surface area contributed by atoms with Gasteiger partial charge >= 0.3 is 0 Å². The number of carbonyl (C=O) groups is 1. The Morgan fingerprint density at radius 3 is 2.30 bits per heavy atom. The predicted octanol–water partition coefficient (Wildman–Crippen LogP) is 3.78. The fourth-order valence-electron chi connectivity index (χ4n) is 2.35. The summed E-state index contributed by atoms with van der Waals surface area (Å²) in [7, 11) is 0. The fraction of sp³-hybridized carbons (Fsp3) is 0.125. The van der Waals surface area contributed by atoms with Gasteiger partial charge in [-0.1, -0.05) is 11.6 Å². The van der Waals surface area contributed by atoms with Gasteiger partial charge in [0.1, 0.15) is 5.56 Å². The molecule has 0 saturated heterocycles. The predicted molar refractivity (Wildman–Crippen MR) is 79.1 cm³/mol. The highest BCUT2D eigenvalue weighted by Gasteiger charge is 2.36. The van der Waals surface area contributed by atoms with Crippen LogP contribution in [0.15, 0.2) is 36.4 Å². The largest absolute Gasteiger partial charge is 0.618 e. The number of nitrogens with zero attached hydrogens (tertiary/aromatic N) is 1. The first kappa shape index (κ1) is 12.9. The highest BCUT2D eigenvalue weighted by molar-refractivity contribution is 6.52. The minimum atomic E-state index is -0.236. The van der Waals surface area contributed by atoms with Crippen LogP contribution in [0.5, 0.6) is 0 Å². The maximum atomic E-state index is 12.4. The molecule has 0 aromatic heterocycles. The molecular weight excluding hydrogens is 274 g/mol. The number of rotatable bonds is 1. The Morgan fingerprint density at radius 1 is 1.05 bits per heavy atom. The number of aryl methyl sites for hydroxylation is 2. The lowest BCUT2D eigenvalue weighted by atomic mass is 9.99. The van der Waals surface area contributed by atoms with Crippen LogP contribution in [0.4, 0.5) is 5.69 Å². The second kappa shape index (κ2) is 4.46. The molecule has 0 amide bonds. The third-order valence-corrected chi connectivity index (χ3v) is 3.86. The summed E-state index contributed by atoms with van der Waals surface area (Å²) in [6, 6.07) is 10.3. The number of hydrogen-bond donors (Lipinski definition) is 0. The minimum absolute atomic E-state index is 0.154. The summed E-state index contributed by atoms with van der Waals surface area (Å²) in [5, 5.41) is 13.0.